The fraction of sp³-hybridized carbons (Fsp3) is 0.765. The summed E-state index contributed by atoms with van der Waals surface area (Å²) in [6.07, 6.45) is 4.76. The van der Waals surface area contributed by atoms with Crippen molar-refractivity contribution in [2.45, 2.75) is 53.1 Å². The molecule has 0 amide bonds. The van der Waals surface area contributed by atoms with E-state index in [2.05, 4.69) is 26.8 Å². The van der Waals surface area contributed by atoms with Gasteiger partial charge in [0, 0.05) is 12.3 Å². The molecule has 21 heavy (non-hydrogen) atoms. The molecule has 1 saturated carbocycles. The van der Waals surface area contributed by atoms with E-state index in [-0.39, 0.29) is 34.8 Å². The Balaban J connectivity index is 1.96. The summed E-state index contributed by atoms with van der Waals surface area (Å²) < 4.78 is 10.8. The van der Waals surface area contributed by atoms with E-state index in [1.54, 1.807) is 0 Å². The molecular weight excluding hydrogens is 268 g/mol. The van der Waals surface area contributed by atoms with E-state index in [4.69, 9.17) is 9.47 Å². The Bertz CT molecular complexity index is 519. The average molecular weight is 292 g/mol. The van der Waals surface area contributed by atoms with Crippen molar-refractivity contribution in [2.75, 3.05) is 6.61 Å². The fourth-order valence-electron chi connectivity index (χ4n) is 5.00. The van der Waals surface area contributed by atoms with Crippen molar-refractivity contribution in [2.24, 2.45) is 22.7 Å². The first-order valence-electron chi connectivity index (χ1n) is 7.79. The zero-order valence-electron chi connectivity index (χ0n) is 13.3. The normalized spacial score (nSPS) is 40.7. The molecule has 0 bridgehead atoms. The van der Waals surface area contributed by atoms with Gasteiger partial charge in [-0.1, -0.05) is 26.8 Å². The molecule has 1 saturated heterocycles. The van der Waals surface area contributed by atoms with Crippen LogP contribution in [0.2, 0.25) is 0 Å². The van der Waals surface area contributed by atoms with Gasteiger partial charge in [0.05, 0.1) is 5.92 Å². The number of hydrogen-bond acceptors (Lipinski definition) is 4. The van der Waals surface area contributed by atoms with Crippen molar-refractivity contribution in [3.63, 3.8) is 0 Å². The van der Waals surface area contributed by atoms with Crippen molar-refractivity contribution in [1.29, 1.82) is 0 Å². The highest BCUT2D eigenvalue weighted by Gasteiger charge is 2.60. The molecule has 1 aliphatic heterocycles. The van der Waals surface area contributed by atoms with Crippen LogP contribution in [0.1, 0.15) is 47.0 Å². The fourth-order valence-corrected chi connectivity index (χ4v) is 5.00. The van der Waals surface area contributed by atoms with Gasteiger partial charge in [-0.25, -0.2) is 0 Å². The number of rotatable bonds is 1. The summed E-state index contributed by atoms with van der Waals surface area (Å²) in [6.45, 7) is 8.48. The molecule has 1 heterocycles. The summed E-state index contributed by atoms with van der Waals surface area (Å²) >= 11 is 0. The quantitative estimate of drug-likeness (QED) is 0.551. The lowest BCUT2D eigenvalue weighted by Gasteiger charge is -2.57. The molecular formula is C17H24O4. The van der Waals surface area contributed by atoms with E-state index in [1.165, 1.54) is 6.92 Å². The zero-order valence-corrected chi connectivity index (χ0v) is 13.3. The Morgan fingerprint density at radius 2 is 2.10 bits per heavy atom. The van der Waals surface area contributed by atoms with Crippen LogP contribution in [-0.4, -0.2) is 24.6 Å². The number of hydrogen-bond donors (Lipinski definition) is 0. The molecule has 2 aliphatic carbocycles. The highest BCUT2D eigenvalue weighted by atomic mass is 16.5. The molecule has 0 N–H and O–H groups in total. The molecule has 0 spiro atoms. The van der Waals surface area contributed by atoms with Crippen LogP contribution in [0.4, 0.5) is 0 Å². The molecule has 0 aromatic carbocycles. The van der Waals surface area contributed by atoms with Crippen LogP contribution in [0.5, 0.6) is 0 Å². The third-order valence-corrected chi connectivity index (χ3v) is 6.04. The van der Waals surface area contributed by atoms with Gasteiger partial charge >= 0.3 is 11.9 Å². The third-order valence-electron chi connectivity index (χ3n) is 6.04. The number of ether oxygens (including phenoxy) is 2. The van der Waals surface area contributed by atoms with E-state index < -0.39 is 0 Å². The first kappa shape index (κ1) is 14.6. The van der Waals surface area contributed by atoms with Gasteiger partial charge in [0.25, 0.3) is 0 Å². The topological polar surface area (TPSA) is 52.6 Å². The van der Waals surface area contributed by atoms with Crippen LogP contribution in [0, 0.1) is 22.7 Å². The summed E-state index contributed by atoms with van der Waals surface area (Å²) in [6, 6.07) is 0. The second-order valence-corrected chi connectivity index (χ2v) is 7.57. The molecule has 3 rings (SSSR count). The maximum Gasteiger partial charge on any atom is 0.314 e. The molecule has 4 atom stereocenters. The molecule has 4 nitrogen and oxygen atoms in total. The Morgan fingerprint density at radius 3 is 2.76 bits per heavy atom. The molecule has 2 fully saturated rings. The minimum Gasteiger partial charge on any atom is -0.462 e. The predicted octanol–water partition coefficient (Wildman–Crippen LogP) is 2.86. The standard InChI is InChI=1S/C17H24O4/c1-10(18)21-13-7-8-17(4)12(16(13,2)3)6-5-11-9-20-15(19)14(11)17/h5,12-14H,6-9H2,1-4H3/t12-,13-,14+,17+/m0/s1. The van der Waals surface area contributed by atoms with E-state index in [1.807, 2.05) is 0 Å². The van der Waals surface area contributed by atoms with Gasteiger partial charge in [0.1, 0.15) is 12.7 Å². The maximum absolute atomic E-state index is 12.2. The molecule has 0 unspecified atom stereocenters. The number of esters is 2. The second kappa shape index (κ2) is 4.59. The van der Waals surface area contributed by atoms with E-state index in [0.717, 1.165) is 24.8 Å². The second-order valence-electron chi connectivity index (χ2n) is 7.57. The number of allylic oxidation sites excluding steroid dienone is 1. The summed E-state index contributed by atoms with van der Waals surface area (Å²) in [4.78, 5) is 23.6. The van der Waals surface area contributed by atoms with Gasteiger partial charge in [0.15, 0.2) is 0 Å². The van der Waals surface area contributed by atoms with Crippen LogP contribution >= 0.6 is 0 Å². The molecule has 4 heteroatoms. The highest BCUT2D eigenvalue weighted by molar-refractivity contribution is 5.80. The largest absolute Gasteiger partial charge is 0.462 e. The first-order chi connectivity index (χ1) is 9.76. The average Bonchev–Trinajstić information content (AvgIpc) is 2.76. The smallest absolute Gasteiger partial charge is 0.314 e. The third kappa shape index (κ3) is 2.02. The van der Waals surface area contributed by atoms with Crippen molar-refractivity contribution < 1.29 is 19.1 Å². The van der Waals surface area contributed by atoms with Gasteiger partial charge in [-0.2, -0.15) is 0 Å². The van der Waals surface area contributed by atoms with Crippen LogP contribution in [-0.2, 0) is 19.1 Å². The molecule has 116 valence electrons. The lowest BCUT2D eigenvalue weighted by Crippen LogP contribution is -2.55. The number of fused-ring (bicyclic) bond motifs is 3. The highest BCUT2D eigenvalue weighted by Crippen LogP contribution is 2.61. The molecule has 3 aliphatic rings. The summed E-state index contributed by atoms with van der Waals surface area (Å²) in [5.41, 5.74) is 0.932. The predicted molar refractivity (Wildman–Crippen MR) is 77.3 cm³/mol. The van der Waals surface area contributed by atoms with Crippen LogP contribution in [0.15, 0.2) is 11.6 Å². The van der Waals surface area contributed by atoms with Gasteiger partial charge in [0.2, 0.25) is 0 Å². The number of carbonyl (C=O) groups excluding carboxylic acids is 2. The first-order valence-corrected chi connectivity index (χ1v) is 7.79. The van der Waals surface area contributed by atoms with Crippen LogP contribution in [0.25, 0.3) is 0 Å². The van der Waals surface area contributed by atoms with Crippen LogP contribution in [0.3, 0.4) is 0 Å². The summed E-state index contributed by atoms with van der Waals surface area (Å²) in [5, 5.41) is 0. The molecule has 0 radical (unpaired) electrons. The number of cyclic esters (lactones) is 1. The zero-order chi connectivity index (χ0) is 15.4. The summed E-state index contributed by atoms with van der Waals surface area (Å²) in [7, 11) is 0. The Labute approximate surface area is 125 Å². The lowest BCUT2D eigenvalue weighted by atomic mass is 9.48. The van der Waals surface area contributed by atoms with Crippen molar-refractivity contribution in [3.8, 4) is 0 Å². The van der Waals surface area contributed by atoms with E-state index >= 15 is 0 Å². The Morgan fingerprint density at radius 1 is 1.38 bits per heavy atom. The van der Waals surface area contributed by atoms with Crippen LogP contribution < -0.4 is 0 Å². The van der Waals surface area contributed by atoms with E-state index in [0.29, 0.717) is 12.5 Å². The monoisotopic (exact) mass is 292 g/mol. The Kier molecular flexibility index (Phi) is 3.19. The van der Waals surface area contributed by atoms with Gasteiger partial charge in [-0.05, 0) is 36.2 Å². The maximum atomic E-state index is 12.2. The summed E-state index contributed by atoms with van der Waals surface area (Å²) in [5.74, 6) is -0.0736. The van der Waals surface area contributed by atoms with Crippen molar-refractivity contribution in [3.05, 3.63) is 11.6 Å². The van der Waals surface area contributed by atoms with Gasteiger partial charge < -0.3 is 9.47 Å². The molecule has 0 aromatic heterocycles. The van der Waals surface area contributed by atoms with E-state index in [9.17, 15) is 9.59 Å². The molecule has 0 aromatic rings. The SMILES string of the molecule is CC(=O)O[C@H]1CC[C@@]2(C)[C@H]3C(=O)OCC3=CC[C@H]2C1(C)C. The Hall–Kier alpha value is -1.32. The van der Waals surface area contributed by atoms with Crippen molar-refractivity contribution >= 4 is 11.9 Å². The minimum atomic E-state index is -0.219. The lowest BCUT2D eigenvalue weighted by molar-refractivity contribution is -0.175. The van der Waals surface area contributed by atoms with Gasteiger partial charge in [-0.15, -0.1) is 0 Å². The minimum absolute atomic E-state index is 0.0690. The van der Waals surface area contributed by atoms with Gasteiger partial charge in [-0.3, -0.25) is 9.59 Å². The van der Waals surface area contributed by atoms with Crippen molar-refractivity contribution in [1.82, 2.24) is 0 Å². The number of carbonyl (C=O) groups is 2.